The average Bonchev–Trinajstić information content (AvgIpc) is 1.82. The zero-order valence-corrected chi connectivity index (χ0v) is 8.07. The van der Waals surface area contributed by atoms with Crippen LogP contribution in [-0.2, 0) is 5.11 Å². The Kier molecular flexibility index (Phi) is 2.21. The fraction of sp³-hybridized carbons (Fsp3) is 0. The summed E-state index contributed by atoms with van der Waals surface area (Å²) in [6, 6.07) is 3.16. The predicted molar refractivity (Wildman–Crippen MR) is 46.4 cm³/mol. The van der Waals surface area contributed by atoms with E-state index < -0.39 is 0 Å². The van der Waals surface area contributed by atoms with Gasteiger partial charge in [0.25, 0.3) is 0 Å². The van der Waals surface area contributed by atoms with Crippen molar-refractivity contribution in [1.82, 2.24) is 0 Å². The lowest BCUT2D eigenvalue weighted by Gasteiger charge is -1.98. The first-order chi connectivity index (χ1) is 4.61. The second-order valence-corrected chi connectivity index (χ2v) is 3.57. The maximum atomic E-state index is 10.9. The largest absolute Gasteiger partial charge is 0.395 e. The molecule has 1 radical (unpaired) electrons. The molecule has 2 N–H and O–H groups in total. The minimum absolute atomic E-state index is 0.166. The van der Waals surface area contributed by atoms with Crippen LogP contribution in [0, 0.1) is 0 Å². The van der Waals surface area contributed by atoms with Gasteiger partial charge in [0.1, 0.15) is 0 Å². The van der Waals surface area contributed by atoms with Gasteiger partial charge < -0.3 is 5.73 Å². The SMILES string of the molecule is Nc1c([O])cc(Br)cc1Br. The summed E-state index contributed by atoms with van der Waals surface area (Å²) in [5, 5.41) is 10.9. The van der Waals surface area contributed by atoms with Gasteiger partial charge in [-0.3, -0.25) is 5.11 Å². The topological polar surface area (TPSA) is 45.9 Å². The van der Waals surface area contributed by atoms with Gasteiger partial charge in [-0.15, -0.1) is 0 Å². The maximum Gasteiger partial charge on any atom is 0.203 e. The van der Waals surface area contributed by atoms with Crippen molar-refractivity contribution in [2.45, 2.75) is 0 Å². The molecule has 0 unspecified atom stereocenters. The van der Waals surface area contributed by atoms with Crippen molar-refractivity contribution in [1.29, 1.82) is 0 Å². The zero-order valence-electron chi connectivity index (χ0n) is 4.90. The van der Waals surface area contributed by atoms with Crippen LogP contribution < -0.4 is 5.73 Å². The van der Waals surface area contributed by atoms with E-state index in [0.717, 1.165) is 4.47 Å². The Labute approximate surface area is 75.3 Å². The van der Waals surface area contributed by atoms with Crippen LogP contribution >= 0.6 is 31.9 Å². The van der Waals surface area contributed by atoms with Crippen molar-refractivity contribution in [3.05, 3.63) is 21.1 Å². The molecule has 1 aromatic rings. The van der Waals surface area contributed by atoms with Gasteiger partial charge in [-0.25, -0.2) is 0 Å². The van der Waals surface area contributed by atoms with E-state index in [2.05, 4.69) is 31.9 Å². The predicted octanol–water partition coefficient (Wildman–Crippen LogP) is 2.94. The molecule has 0 aliphatic carbocycles. The third-order valence-electron chi connectivity index (χ3n) is 1.06. The zero-order chi connectivity index (χ0) is 7.72. The highest BCUT2D eigenvalue weighted by atomic mass is 79.9. The molecule has 0 aliphatic heterocycles. The van der Waals surface area contributed by atoms with E-state index in [4.69, 9.17) is 5.73 Å². The first kappa shape index (κ1) is 7.88. The van der Waals surface area contributed by atoms with E-state index in [1.807, 2.05) is 0 Å². The molecule has 0 saturated carbocycles. The van der Waals surface area contributed by atoms with Crippen molar-refractivity contribution in [3.63, 3.8) is 0 Å². The summed E-state index contributed by atoms with van der Waals surface area (Å²) in [5.41, 5.74) is 5.62. The molecule has 0 aliphatic rings. The van der Waals surface area contributed by atoms with Crippen molar-refractivity contribution in [2.24, 2.45) is 0 Å². The van der Waals surface area contributed by atoms with Crippen molar-refractivity contribution < 1.29 is 5.11 Å². The molecule has 1 aromatic carbocycles. The van der Waals surface area contributed by atoms with E-state index in [1.165, 1.54) is 6.07 Å². The van der Waals surface area contributed by atoms with Gasteiger partial charge in [-0.2, -0.15) is 0 Å². The van der Waals surface area contributed by atoms with E-state index in [9.17, 15) is 5.11 Å². The summed E-state index contributed by atoms with van der Waals surface area (Å²) in [5.74, 6) is -0.166. The van der Waals surface area contributed by atoms with Crippen molar-refractivity contribution in [3.8, 4) is 5.75 Å². The fourth-order valence-corrected chi connectivity index (χ4v) is 1.75. The highest BCUT2D eigenvalue weighted by molar-refractivity contribution is 9.11. The van der Waals surface area contributed by atoms with Crippen LogP contribution in [-0.4, -0.2) is 0 Å². The molecule has 2 nitrogen and oxygen atoms in total. The Bertz CT molecular complexity index is 239. The molecule has 0 spiro atoms. The summed E-state index contributed by atoms with van der Waals surface area (Å²) in [6.07, 6.45) is 0. The van der Waals surface area contributed by atoms with Gasteiger partial charge >= 0.3 is 0 Å². The van der Waals surface area contributed by atoms with Gasteiger partial charge in [0.2, 0.25) is 5.75 Å². The molecule has 10 heavy (non-hydrogen) atoms. The number of hydrogen-bond acceptors (Lipinski definition) is 1. The number of nitrogens with two attached hydrogens (primary N) is 1. The maximum absolute atomic E-state index is 10.9. The van der Waals surface area contributed by atoms with Crippen LogP contribution in [0.1, 0.15) is 0 Å². The summed E-state index contributed by atoms with van der Waals surface area (Å²) in [4.78, 5) is 0. The van der Waals surface area contributed by atoms with Crippen LogP contribution in [0.3, 0.4) is 0 Å². The first-order valence-electron chi connectivity index (χ1n) is 2.53. The third kappa shape index (κ3) is 1.44. The molecule has 4 heteroatoms. The molecular formula is C6H4Br2NO. The molecule has 0 heterocycles. The summed E-state index contributed by atoms with van der Waals surface area (Å²) in [7, 11) is 0. The normalized spacial score (nSPS) is 9.80. The quantitative estimate of drug-likeness (QED) is 0.721. The van der Waals surface area contributed by atoms with Gasteiger partial charge in [-0.1, -0.05) is 15.9 Å². The first-order valence-corrected chi connectivity index (χ1v) is 4.11. The fourth-order valence-electron chi connectivity index (χ4n) is 0.561. The van der Waals surface area contributed by atoms with Gasteiger partial charge in [-0.05, 0) is 22.0 Å². The Hall–Kier alpha value is -0.220. The summed E-state index contributed by atoms with van der Waals surface area (Å²) < 4.78 is 1.37. The molecule has 53 valence electrons. The average molecular weight is 266 g/mol. The highest BCUT2D eigenvalue weighted by Crippen LogP contribution is 2.32. The molecule has 0 saturated heterocycles. The minimum atomic E-state index is -0.166. The number of halogens is 2. The van der Waals surface area contributed by atoms with E-state index in [-0.39, 0.29) is 11.4 Å². The van der Waals surface area contributed by atoms with Crippen molar-refractivity contribution >= 4 is 37.5 Å². The van der Waals surface area contributed by atoms with E-state index >= 15 is 0 Å². The molecule has 0 aromatic heterocycles. The van der Waals surface area contributed by atoms with Crippen LogP contribution in [0.5, 0.6) is 5.75 Å². The molecule has 1 rings (SSSR count). The van der Waals surface area contributed by atoms with Crippen LogP contribution in [0.15, 0.2) is 21.1 Å². The minimum Gasteiger partial charge on any atom is -0.395 e. The van der Waals surface area contributed by atoms with Crippen molar-refractivity contribution in [2.75, 3.05) is 5.73 Å². The number of hydrogen-bond donors (Lipinski definition) is 1. The lowest BCUT2D eigenvalue weighted by molar-refractivity contribution is 0.357. The number of anilines is 1. The standard InChI is InChI=1S/C6H4Br2NO/c7-3-1-4(8)6(9)5(10)2-3/h1-2H,9H2. The van der Waals surface area contributed by atoms with Crippen LogP contribution in [0.25, 0.3) is 0 Å². The van der Waals surface area contributed by atoms with Gasteiger partial charge in [0.15, 0.2) is 0 Å². The Balaban J connectivity index is 3.31. The third-order valence-corrected chi connectivity index (χ3v) is 2.17. The van der Waals surface area contributed by atoms with Crippen LogP contribution in [0.4, 0.5) is 5.69 Å². The Morgan fingerprint density at radius 3 is 2.40 bits per heavy atom. The smallest absolute Gasteiger partial charge is 0.203 e. The molecule has 0 bridgehead atoms. The van der Waals surface area contributed by atoms with E-state index in [1.54, 1.807) is 6.07 Å². The number of benzene rings is 1. The molecular weight excluding hydrogens is 262 g/mol. The van der Waals surface area contributed by atoms with Gasteiger partial charge in [0.05, 0.1) is 5.69 Å². The second-order valence-electron chi connectivity index (χ2n) is 1.80. The summed E-state index contributed by atoms with van der Waals surface area (Å²) in [6.45, 7) is 0. The lowest BCUT2D eigenvalue weighted by Crippen LogP contribution is -1.85. The Morgan fingerprint density at radius 2 is 1.90 bits per heavy atom. The van der Waals surface area contributed by atoms with E-state index in [0.29, 0.717) is 4.47 Å². The molecule has 0 amide bonds. The highest BCUT2D eigenvalue weighted by Gasteiger charge is 2.03. The second kappa shape index (κ2) is 2.80. The lowest BCUT2D eigenvalue weighted by atomic mass is 10.3. The van der Waals surface area contributed by atoms with Crippen LogP contribution in [0.2, 0.25) is 0 Å². The summed E-state index contributed by atoms with van der Waals surface area (Å²) >= 11 is 6.30. The molecule has 0 fully saturated rings. The van der Waals surface area contributed by atoms with Gasteiger partial charge in [0, 0.05) is 15.0 Å². The number of rotatable bonds is 0. The number of nitrogen functional groups attached to an aromatic ring is 1. The monoisotopic (exact) mass is 264 g/mol. The molecule has 0 atom stereocenters. The Morgan fingerprint density at radius 1 is 1.30 bits per heavy atom.